The predicted molar refractivity (Wildman–Crippen MR) is 107 cm³/mol. The van der Waals surface area contributed by atoms with Gasteiger partial charge in [0.25, 0.3) is 0 Å². The molecular formula is C18H14BrN5OS. The van der Waals surface area contributed by atoms with Crippen LogP contribution in [0.5, 0.6) is 0 Å². The summed E-state index contributed by atoms with van der Waals surface area (Å²) in [5, 5.41) is 8.89. The Morgan fingerprint density at radius 3 is 2.77 bits per heavy atom. The van der Waals surface area contributed by atoms with Crippen LogP contribution in [0.2, 0.25) is 0 Å². The molecule has 0 aliphatic heterocycles. The van der Waals surface area contributed by atoms with Crippen molar-refractivity contribution in [3.05, 3.63) is 58.8 Å². The topological polar surface area (TPSA) is 72.2 Å². The van der Waals surface area contributed by atoms with Crippen LogP contribution in [0.3, 0.4) is 0 Å². The second kappa shape index (κ2) is 7.05. The molecule has 0 unspecified atom stereocenters. The molecule has 0 radical (unpaired) electrons. The third kappa shape index (κ3) is 3.30. The summed E-state index contributed by atoms with van der Waals surface area (Å²) in [6.45, 7) is 1.84. The molecule has 0 aliphatic carbocycles. The Hall–Kier alpha value is -2.45. The lowest BCUT2D eigenvalue weighted by Gasteiger charge is -2.08. The third-order valence-corrected chi connectivity index (χ3v) is 5.36. The molecule has 0 spiro atoms. The lowest BCUT2D eigenvalue weighted by atomic mass is 10.2. The van der Waals surface area contributed by atoms with Crippen LogP contribution in [0.25, 0.3) is 16.6 Å². The van der Waals surface area contributed by atoms with Gasteiger partial charge in [-0.15, -0.1) is 5.10 Å². The fourth-order valence-electron chi connectivity index (χ4n) is 2.61. The van der Waals surface area contributed by atoms with Gasteiger partial charge in [0.2, 0.25) is 5.91 Å². The van der Waals surface area contributed by atoms with Crippen molar-refractivity contribution in [2.45, 2.75) is 12.1 Å². The minimum Gasteiger partial charge on any atom is -0.324 e. The zero-order chi connectivity index (χ0) is 18.1. The quantitative estimate of drug-likeness (QED) is 0.392. The van der Waals surface area contributed by atoms with Crippen LogP contribution in [0.1, 0.15) is 5.82 Å². The Morgan fingerprint density at radius 2 is 1.92 bits per heavy atom. The van der Waals surface area contributed by atoms with Gasteiger partial charge >= 0.3 is 0 Å². The molecule has 4 aromatic rings. The summed E-state index contributed by atoms with van der Waals surface area (Å²) >= 11 is 4.76. The number of fused-ring (bicyclic) bond motifs is 3. The van der Waals surface area contributed by atoms with E-state index in [-0.39, 0.29) is 11.7 Å². The molecule has 4 rings (SSSR count). The summed E-state index contributed by atoms with van der Waals surface area (Å²) in [4.78, 5) is 21.5. The number of halogens is 1. The fraction of sp³-hybridized carbons (Fsp3) is 0.111. The molecule has 26 heavy (non-hydrogen) atoms. The van der Waals surface area contributed by atoms with Gasteiger partial charge in [0, 0.05) is 9.86 Å². The van der Waals surface area contributed by atoms with E-state index >= 15 is 0 Å². The number of rotatable bonds is 4. The largest absolute Gasteiger partial charge is 0.324 e. The Kier molecular flexibility index (Phi) is 4.60. The molecule has 0 fully saturated rings. The molecule has 1 N–H and O–H groups in total. The van der Waals surface area contributed by atoms with E-state index in [1.165, 1.54) is 11.8 Å². The van der Waals surface area contributed by atoms with Gasteiger partial charge in [0.15, 0.2) is 10.8 Å². The highest BCUT2D eigenvalue weighted by Gasteiger charge is 2.14. The third-order valence-electron chi connectivity index (χ3n) is 3.74. The first-order valence-electron chi connectivity index (χ1n) is 7.91. The summed E-state index contributed by atoms with van der Waals surface area (Å²) < 4.78 is 2.55. The van der Waals surface area contributed by atoms with Crippen molar-refractivity contribution in [2.24, 2.45) is 0 Å². The number of carbonyl (C=O) groups excluding carboxylic acids is 1. The first-order valence-corrected chi connectivity index (χ1v) is 9.69. The molecule has 0 saturated carbocycles. The van der Waals surface area contributed by atoms with Crippen molar-refractivity contribution >= 4 is 55.8 Å². The average molecular weight is 428 g/mol. The van der Waals surface area contributed by atoms with Crippen molar-refractivity contribution in [1.29, 1.82) is 0 Å². The molecule has 6 nitrogen and oxygen atoms in total. The van der Waals surface area contributed by atoms with Gasteiger partial charge in [-0.1, -0.05) is 36.0 Å². The summed E-state index contributed by atoms with van der Waals surface area (Å²) in [5.41, 5.74) is 2.33. The molecule has 1 amide bonds. The molecule has 2 aromatic heterocycles. The van der Waals surface area contributed by atoms with Gasteiger partial charge in [-0.3, -0.25) is 4.79 Å². The maximum Gasteiger partial charge on any atom is 0.234 e. The summed E-state index contributed by atoms with van der Waals surface area (Å²) in [7, 11) is 0. The minimum atomic E-state index is -0.109. The maximum absolute atomic E-state index is 12.3. The molecule has 2 heterocycles. The second-order valence-corrected chi connectivity index (χ2v) is 7.42. The molecule has 2 aromatic carbocycles. The van der Waals surface area contributed by atoms with E-state index in [0.717, 1.165) is 26.7 Å². The molecule has 0 atom stereocenters. The molecule has 0 saturated heterocycles. The number of hydrogen-bond donors (Lipinski definition) is 1. The Balaban J connectivity index is 1.60. The zero-order valence-electron chi connectivity index (χ0n) is 13.8. The number of amides is 1. The number of hydrogen-bond acceptors (Lipinski definition) is 5. The molecule has 8 heteroatoms. The standard InChI is InChI=1S/C18H14BrN5OS/c1-11-20-17-12-6-2-4-8-14(12)22-18(24(17)23-11)26-10-16(25)21-15-9-5-3-7-13(15)19/h2-9H,10H2,1H3,(H,21,25). The highest BCUT2D eigenvalue weighted by Crippen LogP contribution is 2.25. The number of aromatic nitrogens is 4. The molecule has 0 aliphatic rings. The molecule has 0 bridgehead atoms. The zero-order valence-corrected chi connectivity index (χ0v) is 16.2. The van der Waals surface area contributed by atoms with E-state index in [1.54, 1.807) is 4.52 Å². The van der Waals surface area contributed by atoms with Crippen molar-refractivity contribution in [2.75, 3.05) is 11.1 Å². The summed E-state index contributed by atoms with van der Waals surface area (Å²) in [6, 6.07) is 15.3. The normalized spacial score (nSPS) is 11.2. The Bertz CT molecular complexity index is 1130. The molecular weight excluding hydrogens is 414 g/mol. The Morgan fingerprint density at radius 1 is 1.15 bits per heavy atom. The van der Waals surface area contributed by atoms with Crippen LogP contribution in [-0.2, 0) is 4.79 Å². The van der Waals surface area contributed by atoms with Crippen molar-refractivity contribution in [1.82, 2.24) is 19.6 Å². The van der Waals surface area contributed by atoms with Crippen LogP contribution >= 0.6 is 27.7 Å². The second-order valence-electron chi connectivity index (χ2n) is 5.62. The van der Waals surface area contributed by atoms with Gasteiger partial charge in [0.05, 0.1) is 17.0 Å². The smallest absolute Gasteiger partial charge is 0.234 e. The highest BCUT2D eigenvalue weighted by molar-refractivity contribution is 9.10. The fourth-order valence-corrected chi connectivity index (χ4v) is 3.73. The van der Waals surface area contributed by atoms with Crippen LogP contribution < -0.4 is 5.32 Å². The SMILES string of the molecule is Cc1nc2c3ccccc3nc(SCC(=O)Nc3ccccc3Br)n2n1. The first-order chi connectivity index (χ1) is 12.6. The maximum atomic E-state index is 12.3. The monoisotopic (exact) mass is 427 g/mol. The van der Waals surface area contributed by atoms with Gasteiger partial charge in [-0.05, 0) is 47.1 Å². The number of nitrogens with zero attached hydrogens (tertiary/aromatic N) is 4. The lowest BCUT2D eigenvalue weighted by molar-refractivity contribution is -0.113. The van der Waals surface area contributed by atoms with Crippen molar-refractivity contribution in [3.63, 3.8) is 0 Å². The predicted octanol–water partition coefficient (Wildman–Crippen LogP) is 4.08. The highest BCUT2D eigenvalue weighted by atomic mass is 79.9. The van der Waals surface area contributed by atoms with Gasteiger partial charge in [0.1, 0.15) is 5.82 Å². The van der Waals surface area contributed by atoms with Crippen LogP contribution in [0.15, 0.2) is 58.2 Å². The molecule has 130 valence electrons. The van der Waals surface area contributed by atoms with E-state index in [9.17, 15) is 4.79 Å². The van der Waals surface area contributed by atoms with E-state index in [2.05, 4.69) is 36.3 Å². The van der Waals surface area contributed by atoms with Gasteiger partial charge < -0.3 is 5.32 Å². The number of nitrogens with one attached hydrogen (secondary N) is 1. The first kappa shape index (κ1) is 17.0. The Labute approximate surface area is 162 Å². The van der Waals surface area contributed by atoms with Crippen molar-refractivity contribution in [3.8, 4) is 0 Å². The van der Waals surface area contributed by atoms with Crippen LogP contribution in [-0.4, -0.2) is 31.2 Å². The van der Waals surface area contributed by atoms with Crippen molar-refractivity contribution < 1.29 is 4.79 Å². The number of thioether (sulfide) groups is 1. The number of aryl methyl sites for hydroxylation is 1. The number of anilines is 1. The van der Waals surface area contributed by atoms with Gasteiger partial charge in [-0.2, -0.15) is 4.52 Å². The van der Waals surface area contributed by atoms with E-state index < -0.39 is 0 Å². The van der Waals surface area contributed by atoms with E-state index in [1.807, 2.05) is 55.5 Å². The summed E-state index contributed by atoms with van der Waals surface area (Å²) in [5.74, 6) is 0.783. The lowest BCUT2D eigenvalue weighted by Crippen LogP contribution is -2.15. The van der Waals surface area contributed by atoms with Crippen LogP contribution in [0.4, 0.5) is 5.69 Å². The van der Waals surface area contributed by atoms with E-state index in [4.69, 9.17) is 0 Å². The number of carbonyl (C=O) groups is 1. The summed E-state index contributed by atoms with van der Waals surface area (Å²) in [6.07, 6.45) is 0. The minimum absolute atomic E-state index is 0.109. The number of benzene rings is 2. The van der Waals surface area contributed by atoms with Crippen LogP contribution in [0, 0.1) is 6.92 Å². The van der Waals surface area contributed by atoms with Gasteiger partial charge in [-0.25, -0.2) is 9.97 Å². The number of para-hydroxylation sites is 2. The average Bonchev–Trinajstić information content (AvgIpc) is 3.03. The van der Waals surface area contributed by atoms with E-state index in [0.29, 0.717) is 11.0 Å².